The number of allylic oxidation sites excluding steroid dienone is 1. The average Bonchev–Trinajstić information content (AvgIpc) is 2.92. The van der Waals surface area contributed by atoms with Crippen LogP contribution < -0.4 is 0 Å². The van der Waals surface area contributed by atoms with Gasteiger partial charge < -0.3 is 9.72 Å². The van der Waals surface area contributed by atoms with Gasteiger partial charge in [-0.25, -0.2) is 0 Å². The van der Waals surface area contributed by atoms with Crippen LogP contribution in [0.1, 0.15) is 30.7 Å². The molecule has 1 aliphatic carbocycles. The maximum Gasteiger partial charge on any atom is 0.0981 e. The van der Waals surface area contributed by atoms with Crippen LogP contribution in [0.15, 0.2) is 35.9 Å². The molecule has 6 rings (SSSR count). The Hall–Kier alpha value is -1.58. The van der Waals surface area contributed by atoms with E-state index in [0.29, 0.717) is 17.9 Å². The number of nitrogens with one attached hydrogen (secondary N) is 1. The van der Waals surface area contributed by atoms with Crippen LogP contribution in [0.3, 0.4) is 0 Å². The maximum atomic E-state index is 6.33. The molecule has 2 fully saturated rings. The van der Waals surface area contributed by atoms with Crippen LogP contribution >= 0.6 is 0 Å². The van der Waals surface area contributed by atoms with Gasteiger partial charge in [0, 0.05) is 35.1 Å². The number of para-hydroxylation sites is 1. The molecule has 1 aromatic heterocycles. The van der Waals surface area contributed by atoms with Crippen molar-refractivity contribution in [1.82, 2.24) is 9.88 Å². The first kappa shape index (κ1) is 13.8. The molecule has 4 aliphatic rings. The van der Waals surface area contributed by atoms with Crippen LogP contribution in [0.4, 0.5) is 0 Å². The third-order valence-corrected chi connectivity index (χ3v) is 6.40. The highest BCUT2D eigenvalue weighted by atomic mass is 16.5. The number of H-pyrrole nitrogens is 1. The number of likely N-dealkylation sites (tertiary alicyclic amines) is 1. The Balaban J connectivity index is 1.71. The number of piperidine rings is 1. The number of nitrogens with zero attached hydrogens (tertiary/aromatic N) is 1. The molecule has 2 unspecified atom stereocenters. The second kappa shape index (κ2) is 4.96. The highest BCUT2D eigenvalue weighted by Crippen LogP contribution is 2.48. The highest BCUT2D eigenvalue weighted by molar-refractivity contribution is 5.85. The lowest BCUT2D eigenvalue weighted by Gasteiger charge is -2.51. The van der Waals surface area contributed by atoms with Crippen molar-refractivity contribution in [3.05, 3.63) is 47.2 Å². The predicted molar refractivity (Wildman–Crippen MR) is 92.5 cm³/mol. The van der Waals surface area contributed by atoms with Crippen molar-refractivity contribution >= 4 is 10.9 Å². The zero-order chi connectivity index (χ0) is 15.6. The summed E-state index contributed by atoms with van der Waals surface area (Å²) in [6.45, 7) is 4.22. The fourth-order valence-corrected chi connectivity index (χ4v) is 5.21. The van der Waals surface area contributed by atoms with Crippen molar-refractivity contribution in [3.63, 3.8) is 0 Å². The van der Waals surface area contributed by atoms with Crippen LogP contribution in [-0.2, 0) is 11.2 Å². The van der Waals surface area contributed by atoms with Crippen LogP contribution in [0.5, 0.6) is 0 Å². The van der Waals surface area contributed by atoms with E-state index in [0.717, 1.165) is 26.0 Å². The Labute approximate surface area is 137 Å². The minimum absolute atomic E-state index is 0.234. The summed E-state index contributed by atoms with van der Waals surface area (Å²) in [5.74, 6) is 1.33. The highest BCUT2D eigenvalue weighted by Gasteiger charge is 2.46. The third kappa shape index (κ3) is 1.90. The predicted octanol–water partition coefficient (Wildman–Crippen LogP) is 3.68. The minimum Gasteiger partial charge on any atom is -0.372 e. The molecule has 4 heterocycles. The van der Waals surface area contributed by atoms with Gasteiger partial charge in [-0.15, -0.1) is 0 Å². The van der Waals surface area contributed by atoms with Gasteiger partial charge in [-0.1, -0.05) is 29.8 Å². The number of ether oxygens (including phenoxy) is 1. The van der Waals surface area contributed by atoms with Crippen LogP contribution in [0.2, 0.25) is 0 Å². The molecule has 1 aromatic carbocycles. The molecule has 3 heteroatoms. The summed E-state index contributed by atoms with van der Waals surface area (Å²) in [6.07, 6.45) is 4.86. The lowest BCUT2D eigenvalue weighted by atomic mass is 9.69. The van der Waals surface area contributed by atoms with Crippen LogP contribution in [-0.4, -0.2) is 36.1 Å². The van der Waals surface area contributed by atoms with Gasteiger partial charge in [0.1, 0.15) is 0 Å². The molecule has 120 valence electrons. The minimum atomic E-state index is 0.234. The zero-order valence-electron chi connectivity index (χ0n) is 13.9. The quantitative estimate of drug-likeness (QED) is 0.752. The smallest absolute Gasteiger partial charge is 0.0981 e. The summed E-state index contributed by atoms with van der Waals surface area (Å²) in [6, 6.07) is 9.31. The van der Waals surface area contributed by atoms with Gasteiger partial charge in [-0.3, -0.25) is 4.90 Å². The second-order valence-electron chi connectivity index (χ2n) is 7.44. The number of likely N-dealkylation sites (N-methyl/N-ethyl adjacent to an activating group) is 1. The SMILES string of the molecule is C/C=C1\CN(C)C2Cc3c([nH]c4ccccc34)[C@@H]3CC1[C@@H]2CO3. The Morgan fingerprint density at radius 1 is 1.30 bits per heavy atom. The molecule has 2 aromatic rings. The van der Waals surface area contributed by atoms with Crippen molar-refractivity contribution in [2.45, 2.75) is 31.9 Å². The molecule has 2 saturated heterocycles. The lowest BCUT2D eigenvalue weighted by Crippen LogP contribution is -2.54. The van der Waals surface area contributed by atoms with Crippen molar-refractivity contribution in [2.75, 3.05) is 20.2 Å². The van der Waals surface area contributed by atoms with E-state index in [1.807, 2.05) is 0 Å². The molecule has 4 bridgehead atoms. The molecule has 3 aliphatic heterocycles. The van der Waals surface area contributed by atoms with Gasteiger partial charge in [0.25, 0.3) is 0 Å². The molecule has 0 saturated carbocycles. The summed E-state index contributed by atoms with van der Waals surface area (Å²) in [7, 11) is 2.28. The summed E-state index contributed by atoms with van der Waals surface area (Å²) < 4.78 is 6.33. The number of benzene rings is 1. The second-order valence-corrected chi connectivity index (χ2v) is 7.44. The van der Waals surface area contributed by atoms with E-state index >= 15 is 0 Å². The maximum absolute atomic E-state index is 6.33. The van der Waals surface area contributed by atoms with Gasteiger partial charge in [0.05, 0.1) is 12.7 Å². The number of hydrogen-bond acceptors (Lipinski definition) is 2. The monoisotopic (exact) mass is 308 g/mol. The fraction of sp³-hybridized carbons (Fsp3) is 0.500. The van der Waals surface area contributed by atoms with Gasteiger partial charge in [-0.2, -0.15) is 0 Å². The molecule has 3 nitrogen and oxygen atoms in total. The first-order chi connectivity index (χ1) is 11.3. The lowest BCUT2D eigenvalue weighted by molar-refractivity contribution is -0.0833. The van der Waals surface area contributed by atoms with E-state index in [1.54, 1.807) is 5.57 Å². The van der Waals surface area contributed by atoms with E-state index in [2.05, 4.69) is 54.2 Å². The molecule has 4 atom stereocenters. The van der Waals surface area contributed by atoms with E-state index in [4.69, 9.17) is 4.74 Å². The van der Waals surface area contributed by atoms with E-state index in [-0.39, 0.29) is 6.10 Å². The van der Waals surface area contributed by atoms with Crippen molar-refractivity contribution in [3.8, 4) is 0 Å². The Kier molecular flexibility index (Phi) is 2.98. The standard InChI is InChI=1S/C20H24N2O/c1-3-12-10-22(2)18-8-15-13-6-4-5-7-17(13)21-20(15)19-9-14(12)16(18)11-23-19/h3-7,14,16,18-19,21H,8-11H2,1-2H3/b12-3+/t14?,16-,18?,19-/m0/s1. The zero-order valence-corrected chi connectivity index (χ0v) is 13.9. The summed E-state index contributed by atoms with van der Waals surface area (Å²) in [5.41, 5.74) is 5.70. The van der Waals surface area contributed by atoms with Gasteiger partial charge in [0.2, 0.25) is 0 Å². The third-order valence-electron chi connectivity index (χ3n) is 6.40. The van der Waals surface area contributed by atoms with E-state index in [9.17, 15) is 0 Å². The van der Waals surface area contributed by atoms with Gasteiger partial charge >= 0.3 is 0 Å². The largest absolute Gasteiger partial charge is 0.372 e. The van der Waals surface area contributed by atoms with Crippen LogP contribution in [0.25, 0.3) is 10.9 Å². The average molecular weight is 308 g/mol. The first-order valence-electron chi connectivity index (χ1n) is 8.82. The van der Waals surface area contributed by atoms with Crippen molar-refractivity contribution in [1.29, 1.82) is 0 Å². The summed E-state index contributed by atoms with van der Waals surface area (Å²) in [4.78, 5) is 6.24. The summed E-state index contributed by atoms with van der Waals surface area (Å²) in [5, 5.41) is 1.39. The molecular formula is C20H24N2O. The number of fused-ring (bicyclic) bond motifs is 2. The molecule has 0 radical (unpaired) electrons. The Morgan fingerprint density at radius 3 is 3.04 bits per heavy atom. The Bertz CT molecular complexity index is 790. The number of hydrogen-bond donors (Lipinski definition) is 1. The first-order valence-corrected chi connectivity index (χ1v) is 8.82. The summed E-state index contributed by atoms with van der Waals surface area (Å²) >= 11 is 0. The van der Waals surface area contributed by atoms with Gasteiger partial charge in [0.15, 0.2) is 0 Å². The molecule has 1 N–H and O–H groups in total. The Morgan fingerprint density at radius 2 is 2.17 bits per heavy atom. The number of aromatic nitrogens is 1. The number of aromatic amines is 1. The topological polar surface area (TPSA) is 28.3 Å². The van der Waals surface area contributed by atoms with Crippen molar-refractivity contribution < 1.29 is 4.74 Å². The normalized spacial score (nSPS) is 35.3. The van der Waals surface area contributed by atoms with E-state index < -0.39 is 0 Å². The van der Waals surface area contributed by atoms with Gasteiger partial charge in [-0.05, 0) is 44.4 Å². The number of rotatable bonds is 0. The molecular weight excluding hydrogens is 284 g/mol. The van der Waals surface area contributed by atoms with Crippen LogP contribution in [0, 0.1) is 11.8 Å². The fourth-order valence-electron chi connectivity index (χ4n) is 5.21. The van der Waals surface area contributed by atoms with E-state index in [1.165, 1.54) is 22.2 Å². The molecule has 0 amide bonds. The molecule has 0 spiro atoms. The van der Waals surface area contributed by atoms with Crippen molar-refractivity contribution in [2.24, 2.45) is 11.8 Å². The molecule has 23 heavy (non-hydrogen) atoms.